The Balaban J connectivity index is 1.85. The van der Waals surface area contributed by atoms with Gasteiger partial charge < -0.3 is 9.15 Å². The minimum atomic E-state index is -3.50. The molecular weight excluding hydrogens is 372 g/mol. The van der Waals surface area contributed by atoms with Crippen LogP contribution in [0.5, 0.6) is 5.75 Å². The molecule has 0 aliphatic carbocycles. The van der Waals surface area contributed by atoms with Gasteiger partial charge in [0.25, 0.3) is 5.22 Å². The molecule has 3 aromatic rings. The summed E-state index contributed by atoms with van der Waals surface area (Å²) >= 11 is 1.44. The normalized spacial score (nSPS) is 12.0. The van der Waals surface area contributed by atoms with E-state index in [4.69, 9.17) is 9.15 Å². The third-order valence-electron chi connectivity index (χ3n) is 3.91. The fraction of sp³-hybridized carbons (Fsp3) is 0.278. The Morgan fingerprint density at radius 2 is 1.96 bits per heavy atom. The molecule has 0 bridgehead atoms. The van der Waals surface area contributed by atoms with E-state index >= 15 is 0 Å². The van der Waals surface area contributed by atoms with Crippen LogP contribution in [0.1, 0.15) is 11.1 Å². The summed E-state index contributed by atoms with van der Waals surface area (Å²) in [4.78, 5) is 4.61. The molecule has 0 amide bonds. The summed E-state index contributed by atoms with van der Waals surface area (Å²) in [6, 6.07) is 10.7. The second-order valence-electron chi connectivity index (χ2n) is 6.00. The number of ether oxygens (including phenoxy) is 1. The van der Waals surface area contributed by atoms with Crippen molar-refractivity contribution in [2.45, 2.75) is 22.8 Å². The fourth-order valence-electron chi connectivity index (χ4n) is 2.48. The summed E-state index contributed by atoms with van der Waals surface area (Å²) in [5.74, 6) is 1.46. The van der Waals surface area contributed by atoms with E-state index in [9.17, 15) is 8.42 Å². The topological polar surface area (TPSA) is 72.6 Å². The van der Waals surface area contributed by atoms with Crippen LogP contribution in [0.4, 0.5) is 0 Å². The zero-order valence-corrected chi connectivity index (χ0v) is 16.6. The van der Waals surface area contributed by atoms with E-state index in [1.54, 1.807) is 13.2 Å². The average Bonchev–Trinajstić information content (AvgIpc) is 3.02. The number of hydrogen-bond acceptors (Lipinski definition) is 6. The molecule has 0 fully saturated rings. The van der Waals surface area contributed by atoms with Gasteiger partial charge in [-0.15, -0.1) is 0 Å². The minimum Gasteiger partial charge on any atom is -0.496 e. The van der Waals surface area contributed by atoms with E-state index < -0.39 is 10.0 Å². The van der Waals surface area contributed by atoms with Crippen molar-refractivity contribution < 1.29 is 17.6 Å². The highest BCUT2D eigenvalue weighted by molar-refractivity contribution is 7.98. The van der Waals surface area contributed by atoms with E-state index in [0.29, 0.717) is 22.1 Å². The predicted octanol–water partition coefficient (Wildman–Crippen LogP) is 3.69. The van der Waals surface area contributed by atoms with Crippen LogP contribution in [-0.4, -0.2) is 38.9 Å². The monoisotopic (exact) mass is 392 g/mol. The highest BCUT2D eigenvalue weighted by Crippen LogP contribution is 2.31. The van der Waals surface area contributed by atoms with Crippen molar-refractivity contribution in [3.05, 3.63) is 47.5 Å². The van der Waals surface area contributed by atoms with Crippen molar-refractivity contribution in [1.82, 2.24) is 9.29 Å². The number of hydrogen-bond donors (Lipinski definition) is 0. The quantitative estimate of drug-likeness (QED) is 0.596. The zero-order valence-electron chi connectivity index (χ0n) is 15.0. The molecular formula is C18H20N2O4S2. The molecule has 8 heteroatoms. The van der Waals surface area contributed by atoms with Crippen molar-refractivity contribution >= 4 is 32.9 Å². The van der Waals surface area contributed by atoms with Gasteiger partial charge in [-0.2, -0.15) is 0 Å². The largest absolute Gasteiger partial charge is 0.496 e. The maximum atomic E-state index is 12.2. The van der Waals surface area contributed by atoms with Crippen LogP contribution in [0.3, 0.4) is 0 Å². The average molecular weight is 393 g/mol. The molecule has 0 aliphatic heterocycles. The van der Waals surface area contributed by atoms with Gasteiger partial charge >= 0.3 is 0 Å². The van der Waals surface area contributed by atoms with E-state index in [1.807, 2.05) is 19.1 Å². The van der Waals surface area contributed by atoms with Crippen molar-refractivity contribution in [2.24, 2.45) is 0 Å². The summed E-state index contributed by atoms with van der Waals surface area (Å²) in [6.45, 7) is 2.03. The smallest absolute Gasteiger partial charge is 0.257 e. The van der Waals surface area contributed by atoms with Crippen LogP contribution in [0.15, 0.2) is 50.9 Å². The molecule has 26 heavy (non-hydrogen) atoms. The number of fused-ring (bicyclic) bond motifs is 1. The van der Waals surface area contributed by atoms with Crippen LogP contribution in [0.25, 0.3) is 11.1 Å². The molecule has 0 unspecified atom stereocenters. The zero-order chi connectivity index (χ0) is 18.9. The van der Waals surface area contributed by atoms with Gasteiger partial charge in [0.2, 0.25) is 10.0 Å². The Hall–Kier alpha value is -2.03. The number of thioether (sulfide) groups is 1. The number of methoxy groups -OCH3 is 1. The number of aryl methyl sites for hydroxylation is 1. The number of oxazole rings is 1. The Morgan fingerprint density at radius 3 is 2.65 bits per heavy atom. The lowest BCUT2D eigenvalue weighted by Gasteiger charge is -2.10. The van der Waals surface area contributed by atoms with Crippen molar-refractivity contribution in [3.63, 3.8) is 0 Å². The third kappa shape index (κ3) is 3.72. The third-order valence-corrected chi connectivity index (χ3v) is 6.59. The van der Waals surface area contributed by atoms with Crippen molar-refractivity contribution in [1.29, 1.82) is 0 Å². The highest BCUT2D eigenvalue weighted by atomic mass is 32.2. The van der Waals surface area contributed by atoms with Crippen LogP contribution in [-0.2, 0) is 15.8 Å². The number of nitrogens with zero attached hydrogens (tertiary/aromatic N) is 2. The van der Waals surface area contributed by atoms with Crippen LogP contribution in [0.2, 0.25) is 0 Å². The van der Waals surface area contributed by atoms with Crippen LogP contribution >= 0.6 is 11.8 Å². The molecule has 0 saturated heterocycles. The first-order valence-corrected chi connectivity index (χ1v) is 10.3. The number of rotatable bonds is 6. The van der Waals surface area contributed by atoms with Gasteiger partial charge in [-0.3, -0.25) is 0 Å². The Morgan fingerprint density at radius 1 is 1.19 bits per heavy atom. The van der Waals surface area contributed by atoms with E-state index in [0.717, 1.165) is 16.9 Å². The number of benzene rings is 2. The summed E-state index contributed by atoms with van der Waals surface area (Å²) in [6.07, 6.45) is 0. The van der Waals surface area contributed by atoms with Gasteiger partial charge in [-0.1, -0.05) is 29.5 Å². The molecule has 138 valence electrons. The highest BCUT2D eigenvalue weighted by Gasteiger charge is 2.19. The minimum absolute atomic E-state index is 0.195. The fourth-order valence-corrected chi connectivity index (χ4v) is 4.22. The van der Waals surface area contributed by atoms with Gasteiger partial charge in [-0.05, 0) is 31.2 Å². The first kappa shape index (κ1) is 18.8. The molecule has 2 aromatic carbocycles. The van der Waals surface area contributed by atoms with Gasteiger partial charge in [0.1, 0.15) is 11.3 Å². The molecule has 3 rings (SSSR count). The lowest BCUT2D eigenvalue weighted by molar-refractivity contribution is 0.411. The summed E-state index contributed by atoms with van der Waals surface area (Å²) in [7, 11) is 1.14. The molecule has 1 heterocycles. The second-order valence-corrected chi connectivity index (χ2v) is 9.08. The standard InChI is InChI=1S/C18H20N2O4S2/c1-12-5-7-16(23-4)13(9-12)11-25-18-19-15-10-14(6-8-17(15)24-18)26(21,22)20(2)3/h5-10H,11H2,1-4H3. The number of sulfonamides is 1. The maximum absolute atomic E-state index is 12.2. The van der Waals surface area contributed by atoms with Crippen molar-refractivity contribution in [3.8, 4) is 5.75 Å². The Kier molecular flexibility index (Phi) is 5.27. The van der Waals surface area contributed by atoms with Crippen LogP contribution in [0, 0.1) is 6.92 Å². The first-order valence-electron chi connectivity index (χ1n) is 7.90. The second kappa shape index (κ2) is 7.30. The number of aromatic nitrogens is 1. The Labute approximate surface area is 157 Å². The molecule has 0 aliphatic rings. The van der Waals surface area contributed by atoms with E-state index in [2.05, 4.69) is 11.1 Å². The van der Waals surface area contributed by atoms with Gasteiger partial charge in [0.05, 0.1) is 12.0 Å². The summed E-state index contributed by atoms with van der Waals surface area (Å²) in [5.41, 5.74) is 3.28. The Bertz CT molecular complexity index is 1040. The predicted molar refractivity (Wildman–Crippen MR) is 102 cm³/mol. The molecule has 0 N–H and O–H groups in total. The SMILES string of the molecule is COc1ccc(C)cc1CSc1nc2cc(S(=O)(=O)N(C)C)ccc2o1. The van der Waals surface area contributed by atoms with Gasteiger partial charge in [0.15, 0.2) is 5.58 Å². The molecule has 0 atom stereocenters. The molecule has 0 saturated carbocycles. The maximum Gasteiger partial charge on any atom is 0.257 e. The van der Waals surface area contributed by atoms with E-state index in [1.165, 1.54) is 42.3 Å². The summed E-state index contributed by atoms with van der Waals surface area (Å²) in [5, 5.41) is 0.489. The summed E-state index contributed by atoms with van der Waals surface area (Å²) < 4.78 is 36.8. The molecule has 1 aromatic heterocycles. The lowest BCUT2D eigenvalue weighted by atomic mass is 10.1. The molecule has 0 radical (unpaired) electrons. The first-order chi connectivity index (χ1) is 12.3. The molecule has 6 nitrogen and oxygen atoms in total. The van der Waals surface area contributed by atoms with Gasteiger partial charge in [-0.25, -0.2) is 17.7 Å². The van der Waals surface area contributed by atoms with Crippen molar-refractivity contribution in [2.75, 3.05) is 21.2 Å². The van der Waals surface area contributed by atoms with Gasteiger partial charge in [0, 0.05) is 25.4 Å². The lowest BCUT2D eigenvalue weighted by Crippen LogP contribution is -2.22. The van der Waals surface area contributed by atoms with E-state index in [-0.39, 0.29) is 4.90 Å². The van der Waals surface area contributed by atoms with Crippen LogP contribution < -0.4 is 4.74 Å². The molecule has 0 spiro atoms.